The smallest absolute Gasteiger partial charge is 0.113 e. The fourth-order valence-electron chi connectivity index (χ4n) is 3.79. The summed E-state index contributed by atoms with van der Waals surface area (Å²) in [4.78, 5) is 0. The van der Waals surface area contributed by atoms with Crippen molar-refractivity contribution in [3.05, 3.63) is 60.7 Å². The van der Waals surface area contributed by atoms with Gasteiger partial charge < -0.3 is 10.6 Å². The fourth-order valence-corrected chi connectivity index (χ4v) is 3.79. The van der Waals surface area contributed by atoms with Crippen LogP contribution < -0.4 is 10.6 Å². The Morgan fingerprint density at radius 3 is 1.78 bits per heavy atom. The minimum absolute atomic E-state index is 0.136. The lowest BCUT2D eigenvalue weighted by Crippen LogP contribution is -2.61. The average molecular weight is 308 g/mol. The highest BCUT2D eigenvalue weighted by molar-refractivity contribution is 5.53. The van der Waals surface area contributed by atoms with Gasteiger partial charge in [0.05, 0.1) is 0 Å². The molecule has 2 N–H and O–H groups in total. The van der Waals surface area contributed by atoms with Gasteiger partial charge in [0.15, 0.2) is 0 Å². The van der Waals surface area contributed by atoms with Gasteiger partial charge in [0.25, 0.3) is 0 Å². The molecule has 1 saturated carbocycles. The first-order valence-electron chi connectivity index (χ1n) is 8.70. The Kier molecular flexibility index (Phi) is 4.34. The number of hydrogen-bond acceptors (Lipinski definition) is 2. The molecule has 0 amide bonds. The molecule has 2 aromatic carbocycles. The normalized spacial score (nSPS) is 22.3. The molecule has 1 aliphatic rings. The van der Waals surface area contributed by atoms with Gasteiger partial charge in [0, 0.05) is 16.8 Å². The maximum absolute atomic E-state index is 3.85. The lowest BCUT2D eigenvalue weighted by molar-refractivity contribution is 0.0749. The summed E-state index contributed by atoms with van der Waals surface area (Å²) in [6.07, 6.45) is 3.65. The number of hydrogen-bond donors (Lipinski definition) is 2. The number of benzene rings is 2. The number of nitrogens with one attached hydrogen (secondary N) is 2. The summed E-state index contributed by atoms with van der Waals surface area (Å²) in [6.45, 7) is 7.17. The van der Waals surface area contributed by atoms with E-state index in [-0.39, 0.29) is 11.1 Å². The van der Waals surface area contributed by atoms with Crippen LogP contribution in [0.25, 0.3) is 0 Å². The van der Waals surface area contributed by atoms with E-state index in [9.17, 15) is 0 Å². The molecule has 1 unspecified atom stereocenters. The average Bonchev–Trinajstić information content (AvgIpc) is 2.55. The van der Waals surface area contributed by atoms with Gasteiger partial charge in [-0.3, -0.25) is 0 Å². The van der Waals surface area contributed by atoms with Gasteiger partial charge in [0.1, 0.15) is 5.66 Å². The Morgan fingerprint density at radius 2 is 1.30 bits per heavy atom. The maximum atomic E-state index is 3.85. The van der Waals surface area contributed by atoms with Gasteiger partial charge in [0.2, 0.25) is 0 Å². The van der Waals surface area contributed by atoms with E-state index < -0.39 is 0 Å². The zero-order valence-electron chi connectivity index (χ0n) is 14.5. The van der Waals surface area contributed by atoms with E-state index in [1.165, 1.54) is 24.2 Å². The van der Waals surface area contributed by atoms with Crippen LogP contribution in [0.1, 0.15) is 40.0 Å². The van der Waals surface area contributed by atoms with Crippen molar-refractivity contribution in [2.24, 2.45) is 11.3 Å². The van der Waals surface area contributed by atoms with Gasteiger partial charge in [-0.15, -0.1) is 0 Å². The van der Waals surface area contributed by atoms with Gasteiger partial charge >= 0.3 is 0 Å². The van der Waals surface area contributed by atoms with E-state index in [0.29, 0.717) is 5.92 Å². The number of anilines is 2. The zero-order chi connectivity index (χ0) is 16.3. The molecule has 122 valence electrons. The SMILES string of the molecule is CC1CCCC(Nc2ccccc2)(Nc2ccccc2)C1(C)C. The van der Waals surface area contributed by atoms with Crippen LogP contribution in [-0.2, 0) is 0 Å². The lowest BCUT2D eigenvalue weighted by Gasteiger charge is -2.55. The van der Waals surface area contributed by atoms with Gasteiger partial charge in [-0.2, -0.15) is 0 Å². The van der Waals surface area contributed by atoms with Crippen LogP contribution >= 0.6 is 0 Å². The minimum Gasteiger partial charge on any atom is -0.362 e. The molecular weight excluding hydrogens is 280 g/mol. The molecular formula is C21H28N2. The van der Waals surface area contributed by atoms with E-state index in [2.05, 4.69) is 92.1 Å². The Labute approximate surface area is 140 Å². The summed E-state index contributed by atoms with van der Waals surface area (Å²) in [5.74, 6) is 0.656. The molecule has 0 saturated heterocycles. The molecule has 0 heterocycles. The molecule has 23 heavy (non-hydrogen) atoms. The Hall–Kier alpha value is -1.96. The summed E-state index contributed by atoms with van der Waals surface area (Å²) in [5, 5.41) is 7.70. The van der Waals surface area contributed by atoms with Crippen molar-refractivity contribution < 1.29 is 0 Å². The Balaban J connectivity index is 1.98. The molecule has 1 atom stereocenters. The minimum atomic E-state index is -0.145. The molecule has 0 bridgehead atoms. The molecule has 1 fully saturated rings. The number of para-hydroxylation sites is 2. The summed E-state index contributed by atoms with van der Waals surface area (Å²) in [5.41, 5.74) is 2.35. The van der Waals surface area contributed by atoms with E-state index in [1.807, 2.05) is 0 Å². The molecule has 2 nitrogen and oxygen atoms in total. The van der Waals surface area contributed by atoms with Crippen molar-refractivity contribution in [3.8, 4) is 0 Å². The van der Waals surface area contributed by atoms with E-state index in [1.54, 1.807) is 0 Å². The van der Waals surface area contributed by atoms with Gasteiger partial charge in [-0.1, -0.05) is 57.2 Å². The maximum Gasteiger partial charge on any atom is 0.113 e. The standard InChI is InChI=1S/C21H28N2/c1-17-11-10-16-21(20(17,2)3,22-18-12-6-4-7-13-18)23-19-14-8-5-9-15-19/h4-9,12-15,17,22-23H,10-11,16H2,1-3H3. The van der Waals surface area contributed by atoms with E-state index >= 15 is 0 Å². The van der Waals surface area contributed by atoms with Crippen LogP contribution in [0.15, 0.2) is 60.7 Å². The second kappa shape index (κ2) is 6.27. The molecule has 0 aliphatic heterocycles. The predicted molar refractivity (Wildman–Crippen MR) is 99.7 cm³/mol. The van der Waals surface area contributed by atoms with Crippen LogP contribution in [0.3, 0.4) is 0 Å². The van der Waals surface area contributed by atoms with Crippen molar-refractivity contribution in [2.75, 3.05) is 10.6 Å². The summed E-state index contributed by atoms with van der Waals surface area (Å²) in [7, 11) is 0. The zero-order valence-corrected chi connectivity index (χ0v) is 14.5. The highest BCUT2D eigenvalue weighted by Crippen LogP contribution is 2.49. The van der Waals surface area contributed by atoms with Crippen LogP contribution in [0.5, 0.6) is 0 Å². The topological polar surface area (TPSA) is 24.1 Å². The first kappa shape index (κ1) is 15.9. The molecule has 0 aromatic heterocycles. The third kappa shape index (κ3) is 3.08. The van der Waals surface area contributed by atoms with E-state index in [4.69, 9.17) is 0 Å². The van der Waals surface area contributed by atoms with Gasteiger partial charge in [-0.25, -0.2) is 0 Å². The Bertz CT molecular complexity index is 577. The van der Waals surface area contributed by atoms with E-state index in [0.717, 1.165) is 6.42 Å². The molecule has 2 aromatic rings. The lowest BCUT2D eigenvalue weighted by atomic mass is 9.62. The van der Waals surface area contributed by atoms with Crippen LogP contribution in [0.2, 0.25) is 0 Å². The van der Waals surface area contributed by atoms with Crippen LogP contribution in [0.4, 0.5) is 11.4 Å². The predicted octanol–water partition coefficient (Wildman–Crippen LogP) is 5.75. The third-order valence-corrected chi connectivity index (χ3v) is 5.78. The molecule has 3 rings (SSSR count). The quantitative estimate of drug-likeness (QED) is 0.702. The van der Waals surface area contributed by atoms with Crippen LogP contribution in [-0.4, -0.2) is 5.66 Å². The molecule has 0 radical (unpaired) electrons. The molecule has 0 spiro atoms. The largest absolute Gasteiger partial charge is 0.362 e. The summed E-state index contributed by atoms with van der Waals surface area (Å²) in [6, 6.07) is 21.1. The first-order valence-corrected chi connectivity index (χ1v) is 8.70. The first-order chi connectivity index (χ1) is 11.0. The van der Waals surface area contributed by atoms with Crippen molar-refractivity contribution in [2.45, 2.75) is 45.7 Å². The molecule has 1 aliphatic carbocycles. The van der Waals surface area contributed by atoms with Crippen molar-refractivity contribution >= 4 is 11.4 Å². The summed E-state index contributed by atoms with van der Waals surface area (Å²) >= 11 is 0. The second-order valence-electron chi connectivity index (χ2n) is 7.40. The monoisotopic (exact) mass is 308 g/mol. The highest BCUT2D eigenvalue weighted by Gasteiger charge is 2.50. The number of rotatable bonds is 4. The van der Waals surface area contributed by atoms with Crippen LogP contribution in [0, 0.1) is 11.3 Å². The fraction of sp³-hybridized carbons (Fsp3) is 0.429. The third-order valence-electron chi connectivity index (χ3n) is 5.78. The molecule has 2 heteroatoms. The van der Waals surface area contributed by atoms with Crippen molar-refractivity contribution in [1.29, 1.82) is 0 Å². The Morgan fingerprint density at radius 1 is 0.826 bits per heavy atom. The summed E-state index contributed by atoms with van der Waals surface area (Å²) < 4.78 is 0. The van der Waals surface area contributed by atoms with Gasteiger partial charge in [-0.05, 0) is 49.4 Å². The second-order valence-corrected chi connectivity index (χ2v) is 7.40. The van der Waals surface area contributed by atoms with Crippen molar-refractivity contribution in [1.82, 2.24) is 0 Å². The highest BCUT2D eigenvalue weighted by atomic mass is 15.2. The van der Waals surface area contributed by atoms with Crippen molar-refractivity contribution in [3.63, 3.8) is 0 Å².